The van der Waals surface area contributed by atoms with E-state index in [1.165, 1.54) is 11.3 Å². The molecule has 6 nitrogen and oxygen atoms in total. The number of carbonyl (C=O) groups is 1. The van der Waals surface area contributed by atoms with E-state index in [4.69, 9.17) is 14.2 Å². The van der Waals surface area contributed by atoms with Crippen LogP contribution < -0.4 is 19.0 Å². The summed E-state index contributed by atoms with van der Waals surface area (Å²) in [7, 11) is 0. The zero-order chi connectivity index (χ0) is 19.5. The van der Waals surface area contributed by atoms with Crippen LogP contribution in [0.2, 0.25) is 0 Å². The minimum Gasteiger partial charge on any atom is -0.494 e. The van der Waals surface area contributed by atoms with Gasteiger partial charge >= 0.3 is 0 Å². The van der Waals surface area contributed by atoms with E-state index in [-0.39, 0.29) is 12.3 Å². The van der Waals surface area contributed by atoms with Crippen LogP contribution in [0.1, 0.15) is 19.4 Å². The zero-order valence-electron chi connectivity index (χ0n) is 15.9. The number of rotatable bonds is 5. The number of nitrogens with zero attached hydrogens (tertiary/aromatic N) is 2. The predicted molar refractivity (Wildman–Crippen MR) is 108 cm³/mol. The van der Waals surface area contributed by atoms with Crippen molar-refractivity contribution in [3.8, 4) is 17.2 Å². The molecule has 0 N–H and O–H groups in total. The molecular weight excluding hydrogens is 376 g/mol. The van der Waals surface area contributed by atoms with Crippen LogP contribution in [0, 0.1) is 0 Å². The Hall–Kier alpha value is -2.80. The lowest BCUT2D eigenvalue weighted by Gasteiger charge is -2.18. The van der Waals surface area contributed by atoms with E-state index in [0.717, 1.165) is 39.6 Å². The SMILES string of the molecule is CCOc1ccc(CC(=O)N=c2sc3cc4c(cc3n2CC)OCCO4)cc1. The third-order valence-electron chi connectivity index (χ3n) is 4.47. The van der Waals surface area contributed by atoms with E-state index in [9.17, 15) is 4.79 Å². The summed E-state index contributed by atoms with van der Waals surface area (Å²) in [5.41, 5.74) is 1.92. The molecule has 0 fully saturated rings. The zero-order valence-corrected chi connectivity index (χ0v) is 16.8. The molecule has 3 aromatic rings. The van der Waals surface area contributed by atoms with Gasteiger partial charge in [-0.3, -0.25) is 4.79 Å². The molecule has 2 aromatic carbocycles. The highest BCUT2D eigenvalue weighted by Gasteiger charge is 2.16. The Balaban J connectivity index is 1.63. The number of aryl methyl sites for hydroxylation is 1. The van der Waals surface area contributed by atoms with E-state index >= 15 is 0 Å². The molecule has 0 radical (unpaired) electrons. The number of carbonyl (C=O) groups excluding carboxylic acids is 1. The first-order chi connectivity index (χ1) is 13.7. The first-order valence-corrected chi connectivity index (χ1v) is 10.2. The lowest BCUT2D eigenvalue weighted by molar-refractivity contribution is -0.117. The fourth-order valence-electron chi connectivity index (χ4n) is 3.19. The van der Waals surface area contributed by atoms with Gasteiger partial charge in [-0.05, 0) is 31.5 Å². The second-order valence-electron chi connectivity index (χ2n) is 6.35. The van der Waals surface area contributed by atoms with E-state index in [1.807, 2.05) is 54.8 Å². The van der Waals surface area contributed by atoms with Gasteiger partial charge in [0.1, 0.15) is 19.0 Å². The molecule has 0 unspecified atom stereocenters. The summed E-state index contributed by atoms with van der Waals surface area (Å²) in [6.07, 6.45) is 0.257. The minimum absolute atomic E-state index is 0.171. The van der Waals surface area contributed by atoms with Gasteiger partial charge in [-0.2, -0.15) is 4.99 Å². The van der Waals surface area contributed by atoms with Crippen LogP contribution in [0.4, 0.5) is 0 Å². The van der Waals surface area contributed by atoms with Crippen molar-refractivity contribution >= 4 is 27.5 Å². The Morgan fingerprint density at radius 3 is 2.54 bits per heavy atom. The molecule has 0 aliphatic carbocycles. The Labute approximate surface area is 167 Å². The lowest BCUT2D eigenvalue weighted by Crippen LogP contribution is -2.17. The van der Waals surface area contributed by atoms with Crippen LogP contribution in [0.15, 0.2) is 41.4 Å². The van der Waals surface area contributed by atoms with Crippen molar-refractivity contribution < 1.29 is 19.0 Å². The molecule has 1 amide bonds. The molecule has 0 saturated carbocycles. The summed E-state index contributed by atoms with van der Waals surface area (Å²) < 4.78 is 19.9. The Morgan fingerprint density at radius 2 is 1.86 bits per heavy atom. The summed E-state index contributed by atoms with van der Waals surface area (Å²) in [6, 6.07) is 11.5. The highest BCUT2D eigenvalue weighted by Crippen LogP contribution is 2.35. The quantitative estimate of drug-likeness (QED) is 0.659. The lowest BCUT2D eigenvalue weighted by atomic mass is 10.1. The first kappa shape index (κ1) is 18.6. The minimum atomic E-state index is -0.171. The van der Waals surface area contributed by atoms with Crippen molar-refractivity contribution in [3.05, 3.63) is 46.8 Å². The molecule has 0 spiro atoms. The van der Waals surface area contributed by atoms with Crippen molar-refractivity contribution in [2.75, 3.05) is 19.8 Å². The molecule has 146 valence electrons. The van der Waals surface area contributed by atoms with Crippen LogP contribution in [0.3, 0.4) is 0 Å². The average molecular weight is 398 g/mol. The Kier molecular flexibility index (Phi) is 5.34. The van der Waals surface area contributed by atoms with Crippen LogP contribution in [-0.2, 0) is 17.8 Å². The number of hydrogen-bond donors (Lipinski definition) is 0. The molecular formula is C21H22N2O4S. The molecule has 1 aliphatic rings. The highest BCUT2D eigenvalue weighted by atomic mass is 32.1. The second-order valence-corrected chi connectivity index (χ2v) is 7.36. The average Bonchev–Trinajstić information content (AvgIpc) is 3.03. The van der Waals surface area contributed by atoms with Gasteiger partial charge in [-0.1, -0.05) is 23.5 Å². The van der Waals surface area contributed by atoms with Crippen molar-refractivity contribution in [1.82, 2.24) is 4.57 Å². The molecule has 7 heteroatoms. The molecule has 0 bridgehead atoms. The van der Waals surface area contributed by atoms with Crippen LogP contribution in [0.5, 0.6) is 17.2 Å². The maximum atomic E-state index is 12.5. The number of benzene rings is 2. The van der Waals surface area contributed by atoms with Gasteiger partial charge in [-0.15, -0.1) is 0 Å². The smallest absolute Gasteiger partial charge is 0.252 e. The number of ether oxygens (including phenoxy) is 3. The standard InChI is InChI=1S/C21H22N2O4S/c1-3-23-16-12-17-18(27-10-9-26-17)13-19(16)28-21(23)22-20(24)11-14-5-7-15(8-6-14)25-4-2/h5-8,12-13H,3-4,9-11H2,1-2H3. The highest BCUT2D eigenvalue weighted by molar-refractivity contribution is 7.16. The van der Waals surface area contributed by atoms with E-state index in [2.05, 4.69) is 4.99 Å². The monoisotopic (exact) mass is 398 g/mol. The number of thiazole rings is 1. The molecule has 0 saturated heterocycles. The fraction of sp³-hybridized carbons (Fsp3) is 0.333. The molecule has 4 rings (SSSR count). The molecule has 0 atom stereocenters. The van der Waals surface area contributed by atoms with Crippen LogP contribution in [0.25, 0.3) is 10.2 Å². The predicted octanol–water partition coefficient (Wildman–Crippen LogP) is 3.56. The van der Waals surface area contributed by atoms with E-state index < -0.39 is 0 Å². The molecule has 28 heavy (non-hydrogen) atoms. The summed E-state index contributed by atoms with van der Waals surface area (Å²) >= 11 is 1.49. The first-order valence-electron chi connectivity index (χ1n) is 9.40. The van der Waals surface area contributed by atoms with Gasteiger partial charge in [0.2, 0.25) is 0 Å². The number of aromatic nitrogens is 1. The van der Waals surface area contributed by atoms with Crippen molar-refractivity contribution in [3.63, 3.8) is 0 Å². The maximum Gasteiger partial charge on any atom is 0.252 e. The number of hydrogen-bond acceptors (Lipinski definition) is 5. The van der Waals surface area contributed by atoms with Crippen LogP contribution in [-0.4, -0.2) is 30.3 Å². The summed E-state index contributed by atoms with van der Waals surface area (Å²) in [5.74, 6) is 2.12. The normalized spacial score (nSPS) is 13.7. The summed E-state index contributed by atoms with van der Waals surface area (Å²) in [6.45, 7) is 6.42. The molecule has 2 heterocycles. The summed E-state index contributed by atoms with van der Waals surface area (Å²) in [5, 5.41) is 0. The number of amides is 1. The Bertz CT molecular complexity index is 1070. The van der Waals surface area contributed by atoms with Crippen LogP contribution >= 0.6 is 11.3 Å². The van der Waals surface area contributed by atoms with Gasteiger partial charge in [-0.25, -0.2) is 0 Å². The van der Waals surface area contributed by atoms with Crippen molar-refractivity contribution in [1.29, 1.82) is 0 Å². The second kappa shape index (κ2) is 8.06. The Morgan fingerprint density at radius 1 is 1.14 bits per heavy atom. The van der Waals surface area contributed by atoms with Gasteiger partial charge in [0, 0.05) is 18.7 Å². The molecule has 1 aliphatic heterocycles. The summed E-state index contributed by atoms with van der Waals surface area (Å²) in [4.78, 5) is 17.6. The van der Waals surface area contributed by atoms with Gasteiger partial charge in [0.25, 0.3) is 5.91 Å². The van der Waals surface area contributed by atoms with Crippen molar-refractivity contribution in [2.45, 2.75) is 26.8 Å². The molecule has 1 aromatic heterocycles. The number of fused-ring (bicyclic) bond motifs is 2. The van der Waals surface area contributed by atoms with E-state index in [1.54, 1.807) is 0 Å². The topological polar surface area (TPSA) is 62.0 Å². The van der Waals surface area contributed by atoms with E-state index in [0.29, 0.717) is 24.6 Å². The maximum absolute atomic E-state index is 12.5. The fourth-order valence-corrected chi connectivity index (χ4v) is 4.31. The third-order valence-corrected chi connectivity index (χ3v) is 5.51. The third kappa shape index (κ3) is 3.75. The van der Waals surface area contributed by atoms with Gasteiger partial charge in [0.05, 0.1) is 23.2 Å². The largest absolute Gasteiger partial charge is 0.494 e. The van der Waals surface area contributed by atoms with Gasteiger partial charge < -0.3 is 18.8 Å². The van der Waals surface area contributed by atoms with Gasteiger partial charge in [0.15, 0.2) is 16.3 Å². The van der Waals surface area contributed by atoms with Crippen molar-refractivity contribution in [2.24, 2.45) is 4.99 Å².